The molecule has 1 aliphatic heterocycles. The topological polar surface area (TPSA) is 45.7 Å². The van der Waals surface area contributed by atoms with Crippen LogP contribution in [0, 0.1) is 0 Å². The summed E-state index contributed by atoms with van der Waals surface area (Å²) in [6.45, 7) is 9.04. The Kier molecular flexibility index (Phi) is 4.82. The van der Waals surface area contributed by atoms with Gasteiger partial charge in [-0.2, -0.15) is 0 Å². The third-order valence-corrected chi connectivity index (χ3v) is 3.35. The van der Waals surface area contributed by atoms with E-state index in [1.54, 1.807) is 6.20 Å². The van der Waals surface area contributed by atoms with Gasteiger partial charge in [0.25, 0.3) is 0 Å². The summed E-state index contributed by atoms with van der Waals surface area (Å²) >= 11 is 0. The minimum absolute atomic E-state index is 0.126. The molecule has 0 N–H and O–H groups in total. The lowest BCUT2D eigenvalue weighted by Crippen LogP contribution is -2.49. The molecule has 2 rings (SSSR count). The highest BCUT2D eigenvalue weighted by Gasteiger charge is 2.23. The van der Waals surface area contributed by atoms with Crippen LogP contribution in [0.1, 0.15) is 27.2 Å². The molecule has 1 amide bonds. The molecule has 5 nitrogen and oxygen atoms in total. The van der Waals surface area contributed by atoms with E-state index in [2.05, 4.69) is 9.88 Å². The highest BCUT2D eigenvalue weighted by atomic mass is 16.5. The van der Waals surface area contributed by atoms with Gasteiger partial charge in [-0.1, -0.05) is 6.92 Å². The van der Waals surface area contributed by atoms with Crippen LogP contribution >= 0.6 is 0 Å². The van der Waals surface area contributed by atoms with Crippen LogP contribution in [0.25, 0.3) is 0 Å². The molecule has 1 aromatic rings. The first-order chi connectivity index (χ1) is 9.61. The number of nitrogens with zero attached hydrogens (tertiary/aromatic N) is 3. The van der Waals surface area contributed by atoms with Crippen LogP contribution in [0.2, 0.25) is 0 Å². The van der Waals surface area contributed by atoms with E-state index in [1.807, 2.05) is 37.8 Å². The van der Waals surface area contributed by atoms with Gasteiger partial charge in [0.1, 0.15) is 0 Å². The van der Waals surface area contributed by atoms with Gasteiger partial charge < -0.3 is 14.5 Å². The van der Waals surface area contributed by atoms with E-state index in [1.165, 1.54) is 0 Å². The summed E-state index contributed by atoms with van der Waals surface area (Å²) in [5.41, 5.74) is 0. The standard InChI is InChI=1S/C15H23N3O2/c1-4-14(19)17-8-10-18(11-9-17)15-13(20-12(2)3)6-5-7-16-15/h5-7,12H,4,8-11H2,1-3H3. The molecule has 0 spiro atoms. The molecule has 1 fully saturated rings. The second-order valence-corrected chi connectivity index (χ2v) is 5.21. The van der Waals surface area contributed by atoms with Crippen LogP contribution in [0.15, 0.2) is 18.3 Å². The minimum Gasteiger partial charge on any atom is -0.487 e. The molecule has 0 saturated carbocycles. The number of piperazine rings is 1. The summed E-state index contributed by atoms with van der Waals surface area (Å²) in [4.78, 5) is 20.2. The van der Waals surface area contributed by atoms with Gasteiger partial charge in [0, 0.05) is 38.8 Å². The van der Waals surface area contributed by atoms with Crippen molar-refractivity contribution in [3.63, 3.8) is 0 Å². The molecule has 0 aromatic carbocycles. The van der Waals surface area contributed by atoms with Gasteiger partial charge >= 0.3 is 0 Å². The van der Waals surface area contributed by atoms with E-state index in [-0.39, 0.29) is 12.0 Å². The Balaban J connectivity index is 2.05. The van der Waals surface area contributed by atoms with Crippen molar-refractivity contribution in [1.82, 2.24) is 9.88 Å². The van der Waals surface area contributed by atoms with Gasteiger partial charge in [-0.25, -0.2) is 4.98 Å². The summed E-state index contributed by atoms with van der Waals surface area (Å²) in [7, 11) is 0. The number of ether oxygens (including phenoxy) is 1. The second kappa shape index (κ2) is 6.59. The number of carbonyl (C=O) groups excluding carboxylic acids is 1. The zero-order chi connectivity index (χ0) is 14.5. The summed E-state index contributed by atoms with van der Waals surface area (Å²) in [5.74, 6) is 1.92. The highest BCUT2D eigenvalue weighted by Crippen LogP contribution is 2.27. The van der Waals surface area contributed by atoms with Crippen LogP contribution in [0.3, 0.4) is 0 Å². The van der Waals surface area contributed by atoms with Crippen LogP contribution in [0.4, 0.5) is 5.82 Å². The smallest absolute Gasteiger partial charge is 0.222 e. The maximum absolute atomic E-state index is 11.7. The maximum Gasteiger partial charge on any atom is 0.222 e. The van der Waals surface area contributed by atoms with Crippen molar-refractivity contribution in [3.8, 4) is 5.75 Å². The van der Waals surface area contributed by atoms with E-state index in [9.17, 15) is 4.79 Å². The van der Waals surface area contributed by atoms with Gasteiger partial charge in [0.05, 0.1) is 6.10 Å². The van der Waals surface area contributed by atoms with E-state index in [0.29, 0.717) is 6.42 Å². The zero-order valence-corrected chi connectivity index (χ0v) is 12.5. The lowest BCUT2D eigenvalue weighted by molar-refractivity contribution is -0.131. The Morgan fingerprint density at radius 3 is 2.65 bits per heavy atom. The molecule has 0 unspecified atom stereocenters. The molecule has 110 valence electrons. The van der Waals surface area contributed by atoms with Crippen molar-refractivity contribution in [2.45, 2.75) is 33.3 Å². The summed E-state index contributed by atoms with van der Waals surface area (Å²) < 4.78 is 5.81. The van der Waals surface area contributed by atoms with E-state index in [0.717, 1.165) is 37.7 Å². The van der Waals surface area contributed by atoms with Crippen molar-refractivity contribution in [2.24, 2.45) is 0 Å². The molecule has 5 heteroatoms. The van der Waals surface area contributed by atoms with Gasteiger partial charge in [-0.05, 0) is 26.0 Å². The molecule has 1 saturated heterocycles. The monoisotopic (exact) mass is 277 g/mol. The number of carbonyl (C=O) groups is 1. The number of hydrogen-bond acceptors (Lipinski definition) is 4. The lowest BCUT2D eigenvalue weighted by Gasteiger charge is -2.36. The Bertz CT molecular complexity index is 454. The first kappa shape index (κ1) is 14.6. The van der Waals surface area contributed by atoms with Gasteiger partial charge in [0.2, 0.25) is 5.91 Å². The molecule has 0 bridgehead atoms. The minimum atomic E-state index is 0.126. The Hall–Kier alpha value is -1.78. The predicted molar refractivity (Wildman–Crippen MR) is 79.1 cm³/mol. The fraction of sp³-hybridized carbons (Fsp3) is 0.600. The molecule has 1 aromatic heterocycles. The third-order valence-electron chi connectivity index (χ3n) is 3.35. The Morgan fingerprint density at radius 2 is 2.05 bits per heavy atom. The van der Waals surface area contributed by atoms with Crippen molar-refractivity contribution < 1.29 is 9.53 Å². The number of pyridine rings is 1. The van der Waals surface area contributed by atoms with Crippen molar-refractivity contribution in [3.05, 3.63) is 18.3 Å². The molecular formula is C15H23N3O2. The van der Waals surface area contributed by atoms with Gasteiger partial charge in [-0.3, -0.25) is 4.79 Å². The van der Waals surface area contributed by atoms with E-state index >= 15 is 0 Å². The molecule has 20 heavy (non-hydrogen) atoms. The van der Waals surface area contributed by atoms with Crippen molar-refractivity contribution in [2.75, 3.05) is 31.1 Å². The number of amides is 1. The first-order valence-corrected chi connectivity index (χ1v) is 7.26. The summed E-state index contributed by atoms with van der Waals surface area (Å²) in [6, 6.07) is 3.84. The van der Waals surface area contributed by atoms with Crippen molar-refractivity contribution >= 4 is 11.7 Å². The largest absolute Gasteiger partial charge is 0.487 e. The lowest BCUT2D eigenvalue weighted by atomic mass is 10.2. The molecule has 1 aliphatic rings. The van der Waals surface area contributed by atoms with Crippen LogP contribution < -0.4 is 9.64 Å². The number of aromatic nitrogens is 1. The number of anilines is 1. The fourth-order valence-corrected chi connectivity index (χ4v) is 2.36. The quantitative estimate of drug-likeness (QED) is 0.843. The van der Waals surface area contributed by atoms with Crippen LogP contribution in [0.5, 0.6) is 5.75 Å². The Labute approximate surface area is 120 Å². The van der Waals surface area contributed by atoms with Crippen molar-refractivity contribution in [1.29, 1.82) is 0 Å². The summed E-state index contributed by atoms with van der Waals surface area (Å²) in [5, 5.41) is 0. The highest BCUT2D eigenvalue weighted by molar-refractivity contribution is 5.76. The molecule has 2 heterocycles. The normalized spacial score (nSPS) is 15.6. The van der Waals surface area contributed by atoms with Crippen LogP contribution in [-0.2, 0) is 4.79 Å². The third kappa shape index (κ3) is 3.40. The summed E-state index contributed by atoms with van der Waals surface area (Å²) in [6.07, 6.45) is 2.48. The average molecular weight is 277 g/mol. The number of rotatable bonds is 4. The SMILES string of the molecule is CCC(=O)N1CCN(c2ncccc2OC(C)C)CC1. The number of hydrogen-bond donors (Lipinski definition) is 0. The van der Waals surface area contributed by atoms with Gasteiger partial charge in [-0.15, -0.1) is 0 Å². The Morgan fingerprint density at radius 1 is 1.35 bits per heavy atom. The molecule has 0 aliphatic carbocycles. The second-order valence-electron chi connectivity index (χ2n) is 5.21. The van der Waals surface area contributed by atoms with E-state index < -0.39 is 0 Å². The van der Waals surface area contributed by atoms with E-state index in [4.69, 9.17) is 4.74 Å². The van der Waals surface area contributed by atoms with Gasteiger partial charge in [0.15, 0.2) is 11.6 Å². The predicted octanol–water partition coefficient (Wildman–Crippen LogP) is 1.93. The first-order valence-electron chi connectivity index (χ1n) is 7.26. The van der Waals surface area contributed by atoms with Crippen LogP contribution in [-0.4, -0.2) is 48.1 Å². The zero-order valence-electron chi connectivity index (χ0n) is 12.5. The molecule has 0 radical (unpaired) electrons. The maximum atomic E-state index is 11.7. The molecular weight excluding hydrogens is 254 g/mol. The average Bonchev–Trinajstić information content (AvgIpc) is 2.46. The molecule has 0 atom stereocenters. The fourth-order valence-electron chi connectivity index (χ4n) is 2.36.